The van der Waals surface area contributed by atoms with Crippen LogP contribution < -0.4 is 11.1 Å². The van der Waals surface area contributed by atoms with Crippen LogP contribution in [0.3, 0.4) is 0 Å². The van der Waals surface area contributed by atoms with Crippen LogP contribution in [0, 0.1) is 0 Å². The monoisotopic (exact) mass is 322 g/mol. The van der Waals surface area contributed by atoms with E-state index in [4.69, 9.17) is 28.9 Å². The lowest BCUT2D eigenvalue weighted by Crippen LogP contribution is -2.40. The van der Waals surface area contributed by atoms with Crippen molar-refractivity contribution in [2.45, 2.75) is 37.8 Å². The Labute approximate surface area is 129 Å². The van der Waals surface area contributed by atoms with Gasteiger partial charge in [0.2, 0.25) is 0 Å². The van der Waals surface area contributed by atoms with Crippen molar-refractivity contribution in [1.82, 2.24) is 5.32 Å². The Kier molecular flexibility index (Phi) is 6.40. The number of rotatable bonds is 2. The predicted molar refractivity (Wildman–Crippen MR) is 81.4 cm³/mol. The lowest BCUT2D eigenvalue weighted by Gasteiger charge is -2.27. The Hall–Kier alpha value is -0.480. The third kappa shape index (κ3) is 4.25. The molecule has 0 bridgehead atoms. The van der Waals surface area contributed by atoms with E-state index >= 15 is 0 Å². The molecule has 1 amide bonds. The number of halogens is 3. The first kappa shape index (κ1) is 16.6. The van der Waals surface area contributed by atoms with Gasteiger partial charge < -0.3 is 11.1 Å². The van der Waals surface area contributed by atoms with Crippen molar-refractivity contribution in [3.8, 4) is 0 Å². The van der Waals surface area contributed by atoms with Gasteiger partial charge in [-0.05, 0) is 37.8 Å². The van der Waals surface area contributed by atoms with Gasteiger partial charge in [-0.25, -0.2) is 0 Å². The first-order valence-electron chi connectivity index (χ1n) is 6.08. The van der Waals surface area contributed by atoms with Crippen molar-refractivity contribution in [1.29, 1.82) is 0 Å². The summed E-state index contributed by atoms with van der Waals surface area (Å²) in [5.41, 5.74) is 6.19. The fourth-order valence-electron chi connectivity index (χ4n) is 2.24. The van der Waals surface area contributed by atoms with Gasteiger partial charge in [0.1, 0.15) is 0 Å². The van der Waals surface area contributed by atoms with E-state index in [-0.39, 0.29) is 30.4 Å². The fourth-order valence-corrected chi connectivity index (χ4v) is 2.80. The van der Waals surface area contributed by atoms with Crippen LogP contribution in [0.5, 0.6) is 0 Å². The van der Waals surface area contributed by atoms with Gasteiger partial charge in [-0.1, -0.05) is 29.3 Å². The van der Waals surface area contributed by atoms with Crippen LogP contribution >= 0.6 is 35.6 Å². The number of benzene rings is 1. The number of nitrogens with one attached hydrogen (secondary N) is 1. The Morgan fingerprint density at radius 3 is 2.21 bits per heavy atom. The van der Waals surface area contributed by atoms with Crippen LogP contribution in [0.15, 0.2) is 18.2 Å². The highest BCUT2D eigenvalue weighted by Gasteiger charge is 2.22. The van der Waals surface area contributed by atoms with Crippen LogP contribution in [0.2, 0.25) is 10.0 Å². The maximum Gasteiger partial charge on any atom is 0.254 e. The molecule has 2 rings (SSSR count). The zero-order chi connectivity index (χ0) is 13.1. The molecule has 1 saturated carbocycles. The minimum Gasteiger partial charge on any atom is -0.349 e. The summed E-state index contributed by atoms with van der Waals surface area (Å²) in [4.78, 5) is 12.1. The molecule has 1 aliphatic rings. The third-order valence-electron chi connectivity index (χ3n) is 3.30. The van der Waals surface area contributed by atoms with E-state index in [1.165, 1.54) is 0 Å². The minimum absolute atomic E-state index is 0. The van der Waals surface area contributed by atoms with Gasteiger partial charge in [0, 0.05) is 12.1 Å². The molecule has 0 unspecified atom stereocenters. The summed E-state index contributed by atoms with van der Waals surface area (Å²) in [7, 11) is 0. The number of amides is 1. The second-order valence-corrected chi connectivity index (χ2v) is 5.50. The third-order valence-corrected chi connectivity index (χ3v) is 3.93. The van der Waals surface area contributed by atoms with E-state index in [9.17, 15) is 4.79 Å². The molecule has 0 aromatic heterocycles. The van der Waals surface area contributed by atoms with Crippen molar-refractivity contribution in [3.63, 3.8) is 0 Å². The summed E-state index contributed by atoms with van der Waals surface area (Å²) >= 11 is 12.0. The van der Waals surface area contributed by atoms with E-state index < -0.39 is 0 Å². The smallest absolute Gasteiger partial charge is 0.254 e. The van der Waals surface area contributed by atoms with Crippen LogP contribution in [0.1, 0.15) is 36.0 Å². The fraction of sp³-hybridized carbons (Fsp3) is 0.462. The van der Waals surface area contributed by atoms with Crippen molar-refractivity contribution < 1.29 is 4.79 Å². The van der Waals surface area contributed by atoms with Gasteiger partial charge >= 0.3 is 0 Å². The number of carbonyl (C=O) groups excluding carboxylic acids is 1. The maximum atomic E-state index is 12.1. The maximum absolute atomic E-state index is 12.1. The molecule has 0 aliphatic heterocycles. The van der Waals surface area contributed by atoms with E-state index in [0.29, 0.717) is 15.6 Å². The highest BCUT2D eigenvalue weighted by Crippen LogP contribution is 2.25. The Morgan fingerprint density at radius 2 is 1.68 bits per heavy atom. The number of hydrogen-bond acceptors (Lipinski definition) is 2. The molecule has 1 aromatic rings. The average molecular weight is 324 g/mol. The number of hydrogen-bond donors (Lipinski definition) is 2. The second kappa shape index (κ2) is 7.34. The van der Waals surface area contributed by atoms with E-state index in [0.717, 1.165) is 25.7 Å². The highest BCUT2D eigenvalue weighted by molar-refractivity contribution is 6.39. The average Bonchev–Trinajstić information content (AvgIpc) is 2.32. The molecule has 0 heterocycles. The van der Waals surface area contributed by atoms with Crippen LogP contribution in [0.25, 0.3) is 0 Å². The SMILES string of the molecule is Cl.NC1CCC(NC(=O)c2c(Cl)cccc2Cl)CC1. The molecule has 3 N–H and O–H groups in total. The van der Waals surface area contributed by atoms with Gasteiger partial charge in [-0.2, -0.15) is 0 Å². The summed E-state index contributed by atoms with van der Waals surface area (Å²) in [6.07, 6.45) is 3.71. The quantitative estimate of drug-likeness (QED) is 0.876. The molecule has 0 atom stereocenters. The van der Waals surface area contributed by atoms with E-state index in [2.05, 4.69) is 5.32 Å². The Morgan fingerprint density at radius 1 is 1.16 bits per heavy atom. The molecule has 1 aliphatic carbocycles. The Bertz CT molecular complexity index is 425. The summed E-state index contributed by atoms with van der Waals surface area (Å²) in [6.45, 7) is 0. The lowest BCUT2D eigenvalue weighted by atomic mass is 9.91. The van der Waals surface area contributed by atoms with Crippen LogP contribution in [-0.4, -0.2) is 18.0 Å². The zero-order valence-electron chi connectivity index (χ0n) is 10.4. The van der Waals surface area contributed by atoms with E-state index in [1.54, 1.807) is 18.2 Å². The van der Waals surface area contributed by atoms with Crippen molar-refractivity contribution in [2.24, 2.45) is 5.73 Å². The molecule has 6 heteroatoms. The standard InChI is InChI=1S/C13H16Cl2N2O.ClH/c14-10-2-1-3-11(15)12(10)13(18)17-9-6-4-8(16)5-7-9;/h1-3,8-9H,4-7,16H2,(H,17,18);1H. The normalized spacial score (nSPS) is 22.5. The first-order valence-corrected chi connectivity index (χ1v) is 6.84. The molecule has 0 spiro atoms. The first-order chi connectivity index (χ1) is 8.58. The molecular weight excluding hydrogens is 307 g/mol. The molecule has 19 heavy (non-hydrogen) atoms. The highest BCUT2D eigenvalue weighted by atomic mass is 35.5. The zero-order valence-corrected chi connectivity index (χ0v) is 12.7. The van der Waals surface area contributed by atoms with E-state index in [1.807, 2.05) is 0 Å². The van der Waals surface area contributed by atoms with Crippen molar-refractivity contribution in [3.05, 3.63) is 33.8 Å². The van der Waals surface area contributed by atoms with Gasteiger partial charge in [-0.3, -0.25) is 4.79 Å². The van der Waals surface area contributed by atoms with Crippen molar-refractivity contribution >= 4 is 41.5 Å². The molecule has 0 saturated heterocycles. The molecule has 3 nitrogen and oxygen atoms in total. The molecule has 1 aromatic carbocycles. The summed E-state index contributed by atoms with van der Waals surface area (Å²) in [5.74, 6) is -0.203. The number of nitrogens with two attached hydrogens (primary N) is 1. The lowest BCUT2D eigenvalue weighted by molar-refractivity contribution is 0.0926. The van der Waals surface area contributed by atoms with Crippen LogP contribution in [0.4, 0.5) is 0 Å². The molecule has 106 valence electrons. The van der Waals surface area contributed by atoms with Gasteiger partial charge in [0.25, 0.3) is 5.91 Å². The topological polar surface area (TPSA) is 55.1 Å². The summed E-state index contributed by atoms with van der Waals surface area (Å²) < 4.78 is 0. The molecule has 1 fully saturated rings. The summed E-state index contributed by atoms with van der Waals surface area (Å²) in [5, 5.41) is 3.74. The minimum atomic E-state index is -0.203. The molecule has 0 radical (unpaired) electrons. The largest absolute Gasteiger partial charge is 0.349 e. The predicted octanol–water partition coefficient (Wildman–Crippen LogP) is 3.41. The molecular formula is C13H17Cl3N2O. The summed E-state index contributed by atoms with van der Waals surface area (Å²) in [6, 6.07) is 5.49. The van der Waals surface area contributed by atoms with Gasteiger partial charge in [0.15, 0.2) is 0 Å². The Balaban J connectivity index is 0.00000180. The van der Waals surface area contributed by atoms with Gasteiger partial charge in [0.05, 0.1) is 15.6 Å². The van der Waals surface area contributed by atoms with Crippen molar-refractivity contribution in [2.75, 3.05) is 0 Å². The van der Waals surface area contributed by atoms with Gasteiger partial charge in [-0.15, -0.1) is 12.4 Å². The second-order valence-electron chi connectivity index (χ2n) is 4.68. The van der Waals surface area contributed by atoms with Crippen LogP contribution in [-0.2, 0) is 0 Å². The number of carbonyl (C=O) groups is 1.